The zero-order chi connectivity index (χ0) is 16.9. The van der Waals surface area contributed by atoms with E-state index in [0.29, 0.717) is 28.0 Å². The molecule has 122 valence electrons. The first-order valence-electron chi connectivity index (χ1n) is 7.11. The highest BCUT2D eigenvalue weighted by atomic mass is 35.5. The highest BCUT2D eigenvalue weighted by Gasteiger charge is 2.08. The maximum atomic E-state index is 12.0. The van der Waals surface area contributed by atoms with Crippen LogP contribution in [0.1, 0.15) is 4.88 Å². The van der Waals surface area contributed by atoms with Crippen LogP contribution in [-0.2, 0) is 11.2 Å². The molecule has 0 aliphatic heterocycles. The first-order chi connectivity index (χ1) is 11.6. The molecule has 0 unspecified atom stereocenters. The van der Waals surface area contributed by atoms with Crippen LogP contribution >= 0.6 is 34.5 Å². The number of thiophene rings is 1. The third kappa shape index (κ3) is 4.26. The number of nitrogens with zero attached hydrogens (tertiary/aromatic N) is 1. The normalized spacial score (nSPS) is 10.4. The number of para-hydroxylation sites is 1. The number of rotatable bonds is 5. The summed E-state index contributed by atoms with van der Waals surface area (Å²) in [6, 6.07) is 12.7. The maximum absolute atomic E-state index is 12.0. The fourth-order valence-corrected chi connectivity index (χ4v) is 3.26. The number of aromatic nitrogens is 1. The van der Waals surface area contributed by atoms with Gasteiger partial charge in [-0.15, -0.1) is 11.3 Å². The molecule has 0 bridgehead atoms. The largest absolute Gasteiger partial charge is 0.352 e. The Labute approximate surface area is 153 Å². The van der Waals surface area contributed by atoms with Crippen LogP contribution in [0, 0.1) is 0 Å². The van der Waals surface area contributed by atoms with Gasteiger partial charge in [0.05, 0.1) is 34.0 Å². The molecular formula is C17H13Cl2N3OS. The van der Waals surface area contributed by atoms with E-state index in [1.54, 1.807) is 47.9 Å². The quantitative estimate of drug-likeness (QED) is 0.627. The monoisotopic (exact) mass is 377 g/mol. The summed E-state index contributed by atoms with van der Waals surface area (Å²) in [7, 11) is 0. The molecule has 1 amide bonds. The number of anilines is 3. The van der Waals surface area contributed by atoms with Crippen molar-refractivity contribution in [2.45, 2.75) is 6.42 Å². The average Bonchev–Trinajstić information content (AvgIpc) is 3.05. The van der Waals surface area contributed by atoms with E-state index in [0.717, 1.165) is 10.6 Å². The molecule has 3 aromatic rings. The molecule has 0 saturated heterocycles. The number of carbonyl (C=O) groups excluding carboxylic acids is 1. The van der Waals surface area contributed by atoms with Gasteiger partial charge in [0.15, 0.2) is 0 Å². The fourth-order valence-electron chi connectivity index (χ4n) is 2.06. The number of nitrogens with one attached hydrogen (secondary N) is 2. The van der Waals surface area contributed by atoms with E-state index in [4.69, 9.17) is 23.2 Å². The van der Waals surface area contributed by atoms with Gasteiger partial charge >= 0.3 is 0 Å². The summed E-state index contributed by atoms with van der Waals surface area (Å²) >= 11 is 13.8. The van der Waals surface area contributed by atoms with E-state index in [2.05, 4.69) is 15.6 Å². The molecular weight excluding hydrogens is 365 g/mol. The molecule has 4 nitrogen and oxygen atoms in total. The summed E-state index contributed by atoms with van der Waals surface area (Å²) in [5, 5.41) is 8.88. The highest BCUT2D eigenvalue weighted by Crippen LogP contribution is 2.32. The van der Waals surface area contributed by atoms with Gasteiger partial charge in [0.1, 0.15) is 5.82 Å². The molecule has 0 saturated carbocycles. The van der Waals surface area contributed by atoms with E-state index < -0.39 is 0 Å². The minimum absolute atomic E-state index is 0.0974. The second-order valence-corrected chi connectivity index (χ2v) is 6.80. The van der Waals surface area contributed by atoms with Gasteiger partial charge in [-0.1, -0.05) is 35.3 Å². The summed E-state index contributed by atoms with van der Waals surface area (Å²) in [5.74, 6) is 0.396. The van der Waals surface area contributed by atoms with Gasteiger partial charge in [-0.25, -0.2) is 4.98 Å². The standard InChI is InChI=1S/C17H13Cl2N3OS/c18-13-4-1-5-14(19)17(13)21-11-6-7-15(20-10-11)22-16(23)9-12-3-2-8-24-12/h1-8,10,21H,9H2,(H,20,22,23). The molecule has 0 atom stereocenters. The molecule has 2 heterocycles. The van der Waals surface area contributed by atoms with Gasteiger partial charge in [0, 0.05) is 4.88 Å². The van der Waals surface area contributed by atoms with Crippen LogP contribution in [0.2, 0.25) is 10.0 Å². The van der Waals surface area contributed by atoms with E-state index >= 15 is 0 Å². The lowest BCUT2D eigenvalue weighted by Gasteiger charge is -2.10. The van der Waals surface area contributed by atoms with Gasteiger partial charge in [0.2, 0.25) is 5.91 Å². The molecule has 0 fully saturated rings. The molecule has 7 heteroatoms. The third-order valence-electron chi connectivity index (χ3n) is 3.18. The highest BCUT2D eigenvalue weighted by molar-refractivity contribution is 7.10. The van der Waals surface area contributed by atoms with Gasteiger partial charge in [0.25, 0.3) is 0 Å². The van der Waals surface area contributed by atoms with Crippen LogP contribution in [0.3, 0.4) is 0 Å². The zero-order valence-corrected chi connectivity index (χ0v) is 14.8. The number of halogens is 2. The number of hydrogen-bond donors (Lipinski definition) is 2. The van der Waals surface area contributed by atoms with E-state index in [1.165, 1.54) is 0 Å². The first-order valence-corrected chi connectivity index (χ1v) is 8.75. The van der Waals surface area contributed by atoms with Crippen molar-refractivity contribution in [3.8, 4) is 0 Å². The van der Waals surface area contributed by atoms with Crippen LogP contribution < -0.4 is 10.6 Å². The Balaban J connectivity index is 1.64. The van der Waals surface area contributed by atoms with Crippen molar-refractivity contribution in [1.82, 2.24) is 4.98 Å². The Kier molecular flexibility index (Phi) is 5.35. The predicted octanol–water partition coefficient (Wildman–Crippen LogP) is 5.37. The molecule has 0 spiro atoms. The topological polar surface area (TPSA) is 54.0 Å². The second kappa shape index (κ2) is 7.66. The Morgan fingerprint density at radius 2 is 1.88 bits per heavy atom. The van der Waals surface area contributed by atoms with Gasteiger partial charge in [-0.05, 0) is 35.7 Å². The Morgan fingerprint density at radius 1 is 1.08 bits per heavy atom. The van der Waals surface area contributed by atoms with Crippen molar-refractivity contribution < 1.29 is 4.79 Å². The van der Waals surface area contributed by atoms with Gasteiger partial charge in [-0.3, -0.25) is 4.79 Å². The van der Waals surface area contributed by atoms with Crippen LogP contribution in [0.5, 0.6) is 0 Å². The maximum Gasteiger partial charge on any atom is 0.230 e. The molecule has 0 radical (unpaired) electrons. The number of amides is 1. The van der Waals surface area contributed by atoms with E-state index in [-0.39, 0.29) is 5.91 Å². The van der Waals surface area contributed by atoms with E-state index in [9.17, 15) is 4.79 Å². The van der Waals surface area contributed by atoms with Gasteiger partial charge in [-0.2, -0.15) is 0 Å². The van der Waals surface area contributed by atoms with Crippen LogP contribution in [-0.4, -0.2) is 10.9 Å². The third-order valence-corrected chi connectivity index (χ3v) is 4.68. The van der Waals surface area contributed by atoms with Crippen molar-refractivity contribution in [3.63, 3.8) is 0 Å². The van der Waals surface area contributed by atoms with Crippen LogP contribution in [0.15, 0.2) is 54.0 Å². The summed E-state index contributed by atoms with van der Waals surface area (Å²) in [6.45, 7) is 0. The lowest BCUT2D eigenvalue weighted by molar-refractivity contribution is -0.115. The number of hydrogen-bond acceptors (Lipinski definition) is 4. The van der Waals surface area contributed by atoms with Crippen LogP contribution in [0.4, 0.5) is 17.2 Å². The fraction of sp³-hybridized carbons (Fsp3) is 0.0588. The molecule has 1 aromatic carbocycles. The second-order valence-electron chi connectivity index (χ2n) is 4.96. The molecule has 24 heavy (non-hydrogen) atoms. The van der Waals surface area contributed by atoms with Crippen LogP contribution in [0.25, 0.3) is 0 Å². The summed E-state index contributed by atoms with van der Waals surface area (Å²) < 4.78 is 0. The average molecular weight is 378 g/mol. The summed E-state index contributed by atoms with van der Waals surface area (Å²) in [4.78, 5) is 17.2. The predicted molar refractivity (Wildman–Crippen MR) is 101 cm³/mol. The first kappa shape index (κ1) is 16.8. The van der Waals surface area contributed by atoms with Crippen molar-refractivity contribution in [1.29, 1.82) is 0 Å². The van der Waals surface area contributed by atoms with E-state index in [1.807, 2.05) is 17.5 Å². The molecule has 3 rings (SSSR count). The van der Waals surface area contributed by atoms with Crippen molar-refractivity contribution >= 4 is 57.6 Å². The zero-order valence-electron chi connectivity index (χ0n) is 12.4. The minimum atomic E-state index is -0.0974. The SMILES string of the molecule is O=C(Cc1cccs1)Nc1ccc(Nc2c(Cl)cccc2Cl)cn1. The summed E-state index contributed by atoms with van der Waals surface area (Å²) in [6.07, 6.45) is 1.95. The minimum Gasteiger partial charge on any atom is -0.352 e. The van der Waals surface area contributed by atoms with Gasteiger partial charge < -0.3 is 10.6 Å². The number of benzene rings is 1. The van der Waals surface area contributed by atoms with Crippen molar-refractivity contribution in [2.75, 3.05) is 10.6 Å². The lowest BCUT2D eigenvalue weighted by atomic mass is 10.3. The lowest BCUT2D eigenvalue weighted by Crippen LogP contribution is -2.14. The Bertz CT molecular complexity index is 815. The number of pyridine rings is 1. The van der Waals surface area contributed by atoms with Crippen molar-refractivity contribution in [2.24, 2.45) is 0 Å². The molecule has 0 aliphatic carbocycles. The molecule has 2 aromatic heterocycles. The molecule has 2 N–H and O–H groups in total. The Morgan fingerprint density at radius 3 is 2.50 bits per heavy atom. The molecule has 0 aliphatic rings. The Hall–Kier alpha value is -2.08. The summed E-state index contributed by atoms with van der Waals surface area (Å²) in [5.41, 5.74) is 1.35. The van der Waals surface area contributed by atoms with Crippen molar-refractivity contribution in [3.05, 3.63) is 69.0 Å². The number of carbonyl (C=O) groups is 1. The smallest absolute Gasteiger partial charge is 0.230 e.